The molecule has 1 aromatic carbocycles. The maximum Gasteiger partial charge on any atom is 0.313 e. The number of hydrogen-bond donors (Lipinski definition) is 1. The third kappa shape index (κ3) is 2.12. The van der Waals surface area contributed by atoms with Gasteiger partial charge in [0.05, 0.1) is 20.6 Å². The molecule has 0 saturated carbocycles. The lowest BCUT2D eigenvalue weighted by molar-refractivity contribution is -0.142. The first-order valence-electron chi connectivity index (χ1n) is 5.96. The molecule has 3 nitrogen and oxygen atoms in total. The van der Waals surface area contributed by atoms with Gasteiger partial charge in [-0.2, -0.15) is 0 Å². The summed E-state index contributed by atoms with van der Waals surface area (Å²) in [5.74, 6) is -0.417. The van der Waals surface area contributed by atoms with E-state index in [0.29, 0.717) is 5.92 Å². The second kappa shape index (κ2) is 4.35. The van der Waals surface area contributed by atoms with Crippen LogP contribution in [-0.4, -0.2) is 16.1 Å². The maximum absolute atomic E-state index is 11.3. The lowest BCUT2D eigenvalue weighted by Gasteiger charge is -2.19. The van der Waals surface area contributed by atoms with Crippen molar-refractivity contribution in [2.24, 2.45) is 0 Å². The Morgan fingerprint density at radius 2 is 2.06 bits per heavy atom. The first-order chi connectivity index (χ1) is 8.32. The molecule has 0 spiro atoms. The van der Waals surface area contributed by atoms with Crippen molar-refractivity contribution in [2.45, 2.75) is 39.0 Å². The third-order valence-electron chi connectivity index (χ3n) is 3.15. The van der Waals surface area contributed by atoms with Crippen LogP contribution in [0.3, 0.4) is 0 Å². The molecule has 0 saturated heterocycles. The molecule has 0 amide bonds. The van der Waals surface area contributed by atoms with Gasteiger partial charge in [0.2, 0.25) is 0 Å². The zero-order chi connectivity index (χ0) is 13.5. The number of thiazole rings is 1. The van der Waals surface area contributed by atoms with E-state index in [-0.39, 0.29) is 0 Å². The highest BCUT2D eigenvalue weighted by atomic mass is 32.1. The minimum absolute atomic E-state index is 0.401. The average Bonchev–Trinajstić information content (AvgIpc) is 2.71. The maximum atomic E-state index is 11.3. The Balaban J connectivity index is 2.54. The zero-order valence-electron chi connectivity index (χ0n) is 11.0. The molecule has 0 atom stereocenters. The van der Waals surface area contributed by atoms with Gasteiger partial charge in [-0.05, 0) is 31.5 Å². The summed E-state index contributed by atoms with van der Waals surface area (Å²) in [4.78, 5) is 15.8. The molecule has 2 rings (SSSR count). The van der Waals surface area contributed by atoms with Crippen LogP contribution in [0.25, 0.3) is 10.2 Å². The van der Waals surface area contributed by atoms with Gasteiger partial charge < -0.3 is 5.11 Å². The highest BCUT2D eigenvalue weighted by Crippen LogP contribution is 2.31. The Bertz CT molecular complexity index is 599. The normalized spacial score (nSPS) is 12.3. The van der Waals surface area contributed by atoms with Gasteiger partial charge in [0, 0.05) is 5.92 Å². The third-order valence-corrected chi connectivity index (χ3v) is 4.49. The van der Waals surface area contributed by atoms with E-state index in [4.69, 9.17) is 0 Å². The highest BCUT2D eigenvalue weighted by Gasteiger charge is 2.29. The average molecular weight is 263 g/mol. The van der Waals surface area contributed by atoms with Crippen LogP contribution in [0.15, 0.2) is 18.2 Å². The summed E-state index contributed by atoms with van der Waals surface area (Å²) >= 11 is 1.67. The number of carbonyl (C=O) groups is 1. The van der Waals surface area contributed by atoms with E-state index in [0.717, 1.165) is 20.8 Å². The number of aliphatic carboxylic acids is 1. The van der Waals surface area contributed by atoms with Crippen molar-refractivity contribution in [3.63, 3.8) is 0 Å². The number of rotatable bonds is 3. The van der Waals surface area contributed by atoms with E-state index < -0.39 is 11.4 Å². The van der Waals surface area contributed by atoms with Crippen LogP contribution in [0, 0.1) is 0 Å². The fraction of sp³-hybridized carbons (Fsp3) is 0.429. The number of fused-ring (bicyclic) bond motifs is 1. The fourth-order valence-electron chi connectivity index (χ4n) is 1.70. The number of nitrogens with zero attached hydrogens (tertiary/aromatic N) is 1. The van der Waals surface area contributed by atoms with Crippen LogP contribution in [0.1, 0.15) is 44.2 Å². The van der Waals surface area contributed by atoms with Crippen molar-refractivity contribution in [2.75, 3.05) is 0 Å². The summed E-state index contributed by atoms with van der Waals surface area (Å²) in [5, 5.41) is 10.3. The van der Waals surface area contributed by atoms with Crippen LogP contribution < -0.4 is 0 Å². The standard InChI is InChI=1S/C14H17NO2S/c1-8(2)12-15-10-7-9(5-6-11(10)18-12)14(3,4)13(16)17/h5-8H,1-4H3,(H,16,17). The van der Waals surface area contributed by atoms with E-state index in [1.165, 1.54) is 0 Å². The number of carboxylic acids is 1. The molecule has 1 aromatic heterocycles. The molecule has 2 aromatic rings. The van der Waals surface area contributed by atoms with Gasteiger partial charge in [-0.3, -0.25) is 4.79 Å². The molecule has 96 valence electrons. The number of hydrogen-bond acceptors (Lipinski definition) is 3. The predicted octanol–water partition coefficient (Wildman–Crippen LogP) is 3.78. The van der Waals surface area contributed by atoms with Gasteiger partial charge in [-0.1, -0.05) is 19.9 Å². The minimum atomic E-state index is -0.879. The number of aromatic nitrogens is 1. The van der Waals surface area contributed by atoms with Crippen molar-refractivity contribution in [3.05, 3.63) is 28.8 Å². The van der Waals surface area contributed by atoms with Gasteiger partial charge in [0.25, 0.3) is 0 Å². The molecule has 0 aliphatic rings. The Labute approximate surface area is 110 Å². The molecule has 1 N–H and O–H groups in total. The minimum Gasteiger partial charge on any atom is -0.481 e. The van der Waals surface area contributed by atoms with Crippen LogP contribution in [0.5, 0.6) is 0 Å². The Morgan fingerprint density at radius 1 is 1.39 bits per heavy atom. The summed E-state index contributed by atoms with van der Waals surface area (Å²) in [6, 6.07) is 5.75. The van der Waals surface area contributed by atoms with E-state index in [1.807, 2.05) is 18.2 Å². The number of benzene rings is 1. The van der Waals surface area contributed by atoms with Crippen molar-refractivity contribution < 1.29 is 9.90 Å². The van der Waals surface area contributed by atoms with Crippen molar-refractivity contribution in [1.29, 1.82) is 0 Å². The summed E-state index contributed by atoms with van der Waals surface area (Å²) in [7, 11) is 0. The van der Waals surface area contributed by atoms with Crippen molar-refractivity contribution in [3.8, 4) is 0 Å². The highest BCUT2D eigenvalue weighted by molar-refractivity contribution is 7.18. The van der Waals surface area contributed by atoms with Crippen LogP contribution in [-0.2, 0) is 10.2 Å². The first-order valence-corrected chi connectivity index (χ1v) is 6.78. The lowest BCUT2D eigenvalue weighted by Crippen LogP contribution is -2.28. The molecule has 0 fully saturated rings. The molecule has 0 unspecified atom stereocenters. The van der Waals surface area contributed by atoms with Crippen molar-refractivity contribution >= 4 is 27.5 Å². The largest absolute Gasteiger partial charge is 0.481 e. The topological polar surface area (TPSA) is 50.2 Å². The molecule has 0 radical (unpaired) electrons. The lowest BCUT2D eigenvalue weighted by atomic mass is 9.85. The Hall–Kier alpha value is -1.42. The smallest absolute Gasteiger partial charge is 0.313 e. The van der Waals surface area contributed by atoms with Crippen LogP contribution in [0.4, 0.5) is 0 Å². The van der Waals surface area contributed by atoms with E-state index in [2.05, 4.69) is 18.8 Å². The Morgan fingerprint density at radius 3 is 2.61 bits per heavy atom. The summed E-state index contributed by atoms with van der Waals surface area (Å²) < 4.78 is 1.11. The summed E-state index contributed by atoms with van der Waals surface area (Å²) in [5.41, 5.74) is 0.814. The van der Waals surface area contributed by atoms with Gasteiger partial charge in [0.1, 0.15) is 0 Å². The molecule has 4 heteroatoms. The van der Waals surface area contributed by atoms with Gasteiger partial charge in [-0.25, -0.2) is 4.98 Å². The van der Waals surface area contributed by atoms with E-state index in [1.54, 1.807) is 25.2 Å². The van der Waals surface area contributed by atoms with Gasteiger partial charge in [0.15, 0.2) is 0 Å². The van der Waals surface area contributed by atoms with Gasteiger partial charge >= 0.3 is 5.97 Å². The molecular formula is C14H17NO2S. The predicted molar refractivity (Wildman–Crippen MR) is 74.4 cm³/mol. The SMILES string of the molecule is CC(C)c1nc2cc(C(C)(C)C(=O)O)ccc2s1. The molecule has 0 aliphatic carbocycles. The second-order valence-electron chi connectivity index (χ2n) is 5.32. The molecule has 1 heterocycles. The zero-order valence-corrected chi connectivity index (χ0v) is 11.8. The van der Waals surface area contributed by atoms with E-state index in [9.17, 15) is 9.90 Å². The van der Waals surface area contributed by atoms with E-state index >= 15 is 0 Å². The quantitative estimate of drug-likeness (QED) is 0.916. The van der Waals surface area contributed by atoms with Crippen LogP contribution in [0.2, 0.25) is 0 Å². The molecule has 18 heavy (non-hydrogen) atoms. The molecule has 0 aliphatic heterocycles. The number of carboxylic acid groups (broad SMARTS) is 1. The van der Waals surface area contributed by atoms with Gasteiger partial charge in [-0.15, -0.1) is 11.3 Å². The molecular weight excluding hydrogens is 246 g/mol. The first kappa shape index (κ1) is 13.0. The van der Waals surface area contributed by atoms with Crippen LogP contribution >= 0.6 is 11.3 Å². The fourth-order valence-corrected chi connectivity index (χ4v) is 2.65. The van der Waals surface area contributed by atoms with Crippen molar-refractivity contribution in [1.82, 2.24) is 4.98 Å². The Kier molecular flexibility index (Phi) is 3.15. The summed E-state index contributed by atoms with van der Waals surface area (Å²) in [6.45, 7) is 7.65. The summed E-state index contributed by atoms with van der Waals surface area (Å²) in [6.07, 6.45) is 0. The second-order valence-corrected chi connectivity index (χ2v) is 6.38. The molecule has 0 bridgehead atoms. The monoisotopic (exact) mass is 263 g/mol.